The molecule has 0 atom stereocenters. The minimum atomic E-state index is 0.792. The zero-order valence-corrected chi connectivity index (χ0v) is 6.07. The first-order valence-corrected chi connectivity index (χ1v) is 3.64. The maximum atomic E-state index is 4.67. The fraction of sp³-hybridized carbons (Fsp3) is 0.333. The minimum Gasteiger partial charge on any atom is -0.305 e. The number of nitrogens with one attached hydrogen (secondary N) is 1. The van der Waals surface area contributed by atoms with Gasteiger partial charge in [0.2, 0.25) is 0 Å². The Bertz CT molecular complexity index is 150. The fourth-order valence-corrected chi connectivity index (χ4v) is 1.22. The van der Waals surface area contributed by atoms with Crippen LogP contribution in [-0.4, -0.2) is 7.11 Å². The molecule has 3 heteroatoms. The highest BCUT2D eigenvalue weighted by atomic mass is 32.1. The molecule has 0 aliphatic rings. The molecule has 1 N–H and O–H groups in total. The average molecular weight is 143 g/mol. The van der Waals surface area contributed by atoms with Crippen LogP contribution in [0, 0.1) is 0 Å². The molecule has 0 bridgehead atoms. The van der Waals surface area contributed by atoms with Gasteiger partial charge in [-0.1, -0.05) is 0 Å². The lowest BCUT2D eigenvalue weighted by molar-refractivity contribution is 0.0868. The number of rotatable bonds is 3. The van der Waals surface area contributed by atoms with Crippen LogP contribution in [0.4, 0.5) is 0 Å². The van der Waals surface area contributed by atoms with E-state index >= 15 is 0 Å². The van der Waals surface area contributed by atoms with E-state index < -0.39 is 0 Å². The normalized spacial score (nSPS) is 9.89. The molecular formula is C6H9NOS. The van der Waals surface area contributed by atoms with Crippen LogP contribution < -0.4 is 5.48 Å². The van der Waals surface area contributed by atoms with Gasteiger partial charge in [-0.15, -0.1) is 0 Å². The van der Waals surface area contributed by atoms with Crippen molar-refractivity contribution in [3.05, 3.63) is 22.4 Å². The lowest BCUT2D eigenvalue weighted by atomic mass is 10.4. The molecule has 1 aromatic heterocycles. The van der Waals surface area contributed by atoms with Crippen molar-refractivity contribution >= 4 is 11.3 Å². The van der Waals surface area contributed by atoms with Gasteiger partial charge in [0, 0.05) is 6.54 Å². The standard InChI is InChI=1S/C6H9NOS/c1-8-7-4-6-2-3-9-5-6/h2-3,5,7H,4H2,1H3. The zero-order chi connectivity index (χ0) is 6.53. The molecule has 1 rings (SSSR count). The van der Waals surface area contributed by atoms with E-state index in [2.05, 4.69) is 21.8 Å². The first-order chi connectivity index (χ1) is 4.43. The summed E-state index contributed by atoms with van der Waals surface area (Å²) in [6, 6.07) is 2.07. The monoisotopic (exact) mass is 143 g/mol. The molecule has 0 aliphatic carbocycles. The molecule has 0 spiro atoms. The molecule has 0 amide bonds. The highest BCUT2D eigenvalue weighted by Crippen LogP contribution is 2.04. The van der Waals surface area contributed by atoms with Crippen LogP contribution in [0.2, 0.25) is 0 Å². The summed E-state index contributed by atoms with van der Waals surface area (Å²) in [5.41, 5.74) is 4.02. The molecule has 1 heterocycles. The van der Waals surface area contributed by atoms with E-state index in [0.717, 1.165) is 6.54 Å². The fourth-order valence-electron chi connectivity index (χ4n) is 0.549. The third-order valence-corrected chi connectivity index (χ3v) is 1.73. The minimum absolute atomic E-state index is 0.792. The zero-order valence-electron chi connectivity index (χ0n) is 5.26. The van der Waals surface area contributed by atoms with Crippen molar-refractivity contribution in [1.82, 2.24) is 5.48 Å². The van der Waals surface area contributed by atoms with E-state index in [1.807, 2.05) is 5.38 Å². The SMILES string of the molecule is CONCc1ccsc1. The predicted molar refractivity (Wildman–Crippen MR) is 38.2 cm³/mol. The second kappa shape index (κ2) is 3.61. The van der Waals surface area contributed by atoms with Gasteiger partial charge in [0.05, 0.1) is 7.11 Å². The van der Waals surface area contributed by atoms with Gasteiger partial charge in [-0.2, -0.15) is 16.8 Å². The topological polar surface area (TPSA) is 21.3 Å². The largest absolute Gasteiger partial charge is 0.305 e. The van der Waals surface area contributed by atoms with Gasteiger partial charge in [0.25, 0.3) is 0 Å². The van der Waals surface area contributed by atoms with Crippen LogP contribution in [0.25, 0.3) is 0 Å². The summed E-state index contributed by atoms with van der Waals surface area (Å²) in [5, 5.41) is 4.14. The smallest absolute Gasteiger partial charge is 0.0572 e. The quantitative estimate of drug-likeness (QED) is 0.646. The predicted octanol–water partition coefficient (Wildman–Crippen LogP) is 1.40. The number of thiophene rings is 1. The Hall–Kier alpha value is -0.380. The molecule has 0 unspecified atom stereocenters. The van der Waals surface area contributed by atoms with Crippen molar-refractivity contribution < 1.29 is 4.84 Å². The van der Waals surface area contributed by atoms with Crippen molar-refractivity contribution in [2.45, 2.75) is 6.54 Å². The lowest BCUT2D eigenvalue weighted by Crippen LogP contribution is -2.09. The van der Waals surface area contributed by atoms with Crippen molar-refractivity contribution in [2.75, 3.05) is 7.11 Å². The van der Waals surface area contributed by atoms with Crippen molar-refractivity contribution in [2.24, 2.45) is 0 Å². The Morgan fingerprint density at radius 1 is 1.78 bits per heavy atom. The molecule has 0 saturated heterocycles. The lowest BCUT2D eigenvalue weighted by Gasteiger charge is -1.95. The summed E-state index contributed by atoms with van der Waals surface area (Å²) < 4.78 is 0. The second-order valence-electron chi connectivity index (χ2n) is 1.66. The van der Waals surface area contributed by atoms with E-state index in [0.29, 0.717) is 0 Å². The molecule has 9 heavy (non-hydrogen) atoms. The Kier molecular flexibility index (Phi) is 2.70. The third kappa shape index (κ3) is 2.13. The van der Waals surface area contributed by atoms with Gasteiger partial charge in [-0.25, -0.2) is 0 Å². The van der Waals surface area contributed by atoms with Gasteiger partial charge in [0.15, 0.2) is 0 Å². The first kappa shape index (κ1) is 6.74. The Balaban J connectivity index is 2.30. The molecule has 0 fully saturated rings. The van der Waals surface area contributed by atoms with Gasteiger partial charge in [-0.3, -0.25) is 0 Å². The van der Waals surface area contributed by atoms with Gasteiger partial charge < -0.3 is 4.84 Å². The van der Waals surface area contributed by atoms with Crippen LogP contribution in [0.1, 0.15) is 5.56 Å². The van der Waals surface area contributed by atoms with E-state index in [1.54, 1.807) is 18.4 Å². The van der Waals surface area contributed by atoms with Crippen LogP contribution in [0.15, 0.2) is 16.8 Å². The van der Waals surface area contributed by atoms with Gasteiger partial charge in [-0.05, 0) is 22.4 Å². The molecule has 0 aromatic carbocycles. The van der Waals surface area contributed by atoms with E-state index in [4.69, 9.17) is 0 Å². The van der Waals surface area contributed by atoms with Crippen LogP contribution in [0.3, 0.4) is 0 Å². The van der Waals surface area contributed by atoms with Gasteiger partial charge >= 0.3 is 0 Å². The van der Waals surface area contributed by atoms with E-state index in [9.17, 15) is 0 Å². The molecule has 50 valence electrons. The number of hydrogen-bond acceptors (Lipinski definition) is 3. The van der Waals surface area contributed by atoms with Crippen molar-refractivity contribution in [3.8, 4) is 0 Å². The van der Waals surface area contributed by atoms with Crippen molar-refractivity contribution in [3.63, 3.8) is 0 Å². The Labute approximate surface area is 58.4 Å². The molecule has 0 radical (unpaired) electrons. The molecule has 1 aromatic rings. The summed E-state index contributed by atoms with van der Waals surface area (Å²) in [6.45, 7) is 0.792. The maximum absolute atomic E-state index is 4.67. The molecule has 0 saturated carbocycles. The number of hydroxylamine groups is 1. The van der Waals surface area contributed by atoms with Crippen LogP contribution in [-0.2, 0) is 11.4 Å². The highest BCUT2D eigenvalue weighted by molar-refractivity contribution is 7.07. The van der Waals surface area contributed by atoms with E-state index in [-0.39, 0.29) is 0 Å². The summed E-state index contributed by atoms with van der Waals surface area (Å²) in [7, 11) is 1.62. The molecular weight excluding hydrogens is 134 g/mol. The molecule has 0 aliphatic heterocycles. The summed E-state index contributed by atoms with van der Waals surface area (Å²) in [6.07, 6.45) is 0. The van der Waals surface area contributed by atoms with Gasteiger partial charge in [0.1, 0.15) is 0 Å². The summed E-state index contributed by atoms with van der Waals surface area (Å²) in [4.78, 5) is 4.67. The summed E-state index contributed by atoms with van der Waals surface area (Å²) in [5.74, 6) is 0. The number of hydrogen-bond donors (Lipinski definition) is 1. The third-order valence-electron chi connectivity index (χ3n) is 1.00. The highest BCUT2D eigenvalue weighted by Gasteiger charge is 1.88. The second-order valence-corrected chi connectivity index (χ2v) is 2.44. The van der Waals surface area contributed by atoms with Crippen LogP contribution in [0.5, 0.6) is 0 Å². The first-order valence-electron chi connectivity index (χ1n) is 2.70. The van der Waals surface area contributed by atoms with E-state index in [1.165, 1.54) is 5.56 Å². The maximum Gasteiger partial charge on any atom is 0.0572 e. The van der Waals surface area contributed by atoms with Crippen molar-refractivity contribution in [1.29, 1.82) is 0 Å². The Morgan fingerprint density at radius 3 is 3.22 bits per heavy atom. The molecule has 2 nitrogen and oxygen atoms in total. The Morgan fingerprint density at radius 2 is 2.67 bits per heavy atom. The average Bonchev–Trinajstić information content (AvgIpc) is 2.34. The van der Waals surface area contributed by atoms with Crippen LogP contribution >= 0.6 is 11.3 Å². The summed E-state index contributed by atoms with van der Waals surface area (Å²) >= 11 is 1.69.